The number of para-hydroxylation sites is 2. The van der Waals surface area contributed by atoms with Crippen LogP contribution in [-0.4, -0.2) is 16.2 Å². The fraction of sp³-hybridized carbons (Fsp3) is 0.0222. The van der Waals surface area contributed by atoms with E-state index in [-0.39, 0.29) is 6.17 Å². The molecule has 0 amide bonds. The van der Waals surface area contributed by atoms with Crippen LogP contribution in [0.1, 0.15) is 22.9 Å². The third kappa shape index (κ3) is 4.63. The van der Waals surface area contributed by atoms with E-state index < -0.39 is 0 Å². The van der Waals surface area contributed by atoms with Gasteiger partial charge in [0.05, 0.1) is 11.0 Å². The average Bonchev–Trinajstić information content (AvgIpc) is 3.73. The quantitative estimate of drug-likeness (QED) is 0.203. The number of hydrogen-bond donors (Lipinski definition) is 1. The summed E-state index contributed by atoms with van der Waals surface area (Å²) in [6.07, 6.45) is -0.339. The predicted octanol–water partition coefficient (Wildman–Crippen LogP) is 10.8. The molecule has 5 nitrogen and oxygen atoms in total. The first-order chi connectivity index (χ1) is 24.8. The number of aromatic nitrogens is 1. The van der Waals surface area contributed by atoms with E-state index in [1.807, 2.05) is 24.3 Å². The van der Waals surface area contributed by atoms with Crippen molar-refractivity contribution in [3.63, 3.8) is 0 Å². The summed E-state index contributed by atoms with van der Waals surface area (Å²) < 4.78 is 8.85. The zero-order valence-corrected chi connectivity index (χ0v) is 27.0. The average molecular weight is 643 g/mol. The number of nitrogens with zero attached hydrogens (tertiary/aromatic N) is 3. The number of aliphatic imine (C=N–C) groups is 2. The van der Waals surface area contributed by atoms with E-state index in [0.717, 1.165) is 61.3 Å². The number of nitrogens with one attached hydrogen (secondary N) is 1. The smallest absolute Gasteiger partial charge is 0.159 e. The van der Waals surface area contributed by atoms with Gasteiger partial charge in [0.2, 0.25) is 0 Å². The van der Waals surface area contributed by atoms with Crippen LogP contribution in [0.4, 0.5) is 0 Å². The fourth-order valence-electron chi connectivity index (χ4n) is 7.34. The van der Waals surface area contributed by atoms with Crippen LogP contribution < -0.4 is 5.32 Å². The minimum absolute atomic E-state index is 0.339. The van der Waals surface area contributed by atoms with E-state index in [9.17, 15) is 0 Å². The van der Waals surface area contributed by atoms with Crippen LogP contribution >= 0.6 is 0 Å². The first-order valence-corrected chi connectivity index (χ1v) is 16.9. The molecule has 5 heteroatoms. The van der Waals surface area contributed by atoms with Gasteiger partial charge in [0.15, 0.2) is 5.84 Å². The van der Waals surface area contributed by atoms with Crippen molar-refractivity contribution in [2.45, 2.75) is 6.17 Å². The van der Waals surface area contributed by atoms with Crippen LogP contribution in [-0.2, 0) is 0 Å². The molecule has 10 rings (SSSR count). The van der Waals surface area contributed by atoms with Gasteiger partial charge in [-0.15, -0.1) is 0 Å². The molecule has 50 heavy (non-hydrogen) atoms. The lowest BCUT2D eigenvalue weighted by Gasteiger charge is -2.25. The van der Waals surface area contributed by atoms with Crippen LogP contribution in [0.15, 0.2) is 184 Å². The number of amidine groups is 2. The molecule has 1 unspecified atom stereocenters. The highest BCUT2D eigenvalue weighted by atomic mass is 16.3. The summed E-state index contributed by atoms with van der Waals surface area (Å²) in [4.78, 5) is 10.2. The molecular formula is C45H30N4O. The fourth-order valence-corrected chi connectivity index (χ4v) is 7.34. The number of hydrogen-bond acceptors (Lipinski definition) is 4. The molecule has 0 radical (unpaired) electrons. The number of furan rings is 1. The van der Waals surface area contributed by atoms with Crippen molar-refractivity contribution in [1.29, 1.82) is 0 Å². The van der Waals surface area contributed by atoms with Gasteiger partial charge >= 0.3 is 0 Å². The summed E-state index contributed by atoms with van der Waals surface area (Å²) in [6.45, 7) is 0. The molecule has 0 saturated carbocycles. The summed E-state index contributed by atoms with van der Waals surface area (Å²) in [5.74, 6) is 1.44. The number of rotatable bonds is 5. The van der Waals surface area contributed by atoms with Gasteiger partial charge in [0.25, 0.3) is 0 Å². The van der Waals surface area contributed by atoms with Crippen molar-refractivity contribution < 1.29 is 4.42 Å². The van der Waals surface area contributed by atoms with Gasteiger partial charge in [0.1, 0.15) is 23.2 Å². The number of benzene rings is 7. The normalized spacial score (nSPS) is 14.6. The van der Waals surface area contributed by atoms with Crippen LogP contribution in [0.5, 0.6) is 0 Å². The van der Waals surface area contributed by atoms with Gasteiger partial charge in [-0.3, -0.25) is 0 Å². The summed E-state index contributed by atoms with van der Waals surface area (Å²) >= 11 is 0. The molecule has 0 saturated heterocycles. The second kappa shape index (κ2) is 11.5. The highest BCUT2D eigenvalue weighted by Crippen LogP contribution is 2.36. The molecule has 0 bridgehead atoms. The maximum atomic E-state index is 6.51. The minimum atomic E-state index is -0.339. The Morgan fingerprint density at radius 3 is 1.92 bits per heavy atom. The van der Waals surface area contributed by atoms with Gasteiger partial charge in [-0.2, -0.15) is 0 Å². The largest absolute Gasteiger partial charge is 0.456 e. The van der Waals surface area contributed by atoms with E-state index >= 15 is 0 Å². The molecule has 7 aromatic carbocycles. The Hall–Kier alpha value is -6.72. The SMILES string of the molecule is c1ccc(C2=NC(c3ccccc3-c3ccccc3)NC(c3ccc4c(c3)oc3ccc(-n5c6ccccc6c6ccccc65)cc34)=N2)cc1. The second-order valence-electron chi connectivity index (χ2n) is 12.6. The predicted molar refractivity (Wildman–Crippen MR) is 205 cm³/mol. The van der Waals surface area contributed by atoms with Crippen molar-refractivity contribution in [3.8, 4) is 16.8 Å². The van der Waals surface area contributed by atoms with Crippen molar-refractivity contribution in [2.75, 3.05) is 0 Å². The lowest BCUT2D eigenvalue weighted by molar-refractivity contribution is 0.666. The molecule has 1 aliphatic rings. The first kappa shape index (κ1) is 28.3. The lowest BCUT2D eigenvalue weighted by Crippen LogP contribution is -2.33. The standard InChI is InChI=1S/C45H30N4O/c1-3-13-29(14-4-1)33-17-7-8-20-37(33)45-47-43(30-15-5-2-6-16-30)46-44(48-45)31-23-25-36-38-28-32(24-26-41(38)50-42(36)27-31)49-39-21-11-9-18-34(39)35-19-10-12-22-40(35)49/h1-28,45H,(H,46,47,48). The first-order valence-electron chi connectivity index (χ1n) is 16.9. The van der Waals surface area contributed by atoms with Crippen LogP contribution in [0, 0.1) is 0 Å². The maximum Gasteiger partial charge on any atom is 0.159 e. The number of fused-ring (bicyclic) bond motifs is 6. The molecule has 3 heterocycles. The van der Waals surface area contributed by atoms with Crippen molar-refractivity contribution in [2.24, 2.45) is 9.98 Å². The monoisotopic (exact) mass is 642 g/mol. The van der Waals surface area contributed by atoms with E-state index in [4.69, 9.17) is 14.4 Å². The van der Waals surface area contributed by atoms with E-state index in [1.165, 1.54) is 21.8 Å². The van der Waals surface area contributed by atoms with Gasteiger partial charge in [-0.25, -0.2) is 9.98 Å². The Morgan fingerprint density at radius 1 is 0.500 bits per heavy atom. The Bertz CT molecular complexity index is 2740. The van der Waals surface area contributed by atoms with E-state index in [0.29, 0.717) is 5.84 Å². The zero-order chi connectivity index (χ0) is 33.0. The maximum absolute atomic E-state index is 6.51. The highest BCUT2D eigenvalue weighted by molar-refractivity contribution is 6.15. The minimum Gasteiger partial charge on any atom is -0.456 e. The molecule has 2 aromatic heterocycles. The molecule has 0 aliphatic carbocycles. The summed E-state index contributed by atoms with van der Waals surface area (Å²) in [6, 6.07) is 59.1. The molecule has 1 N–H and O–H groups in total. The lowest BCUT2D eigenvalue weighted by atomic mass is 9.97. The van der Waals surface area contributed by atoms with E-state index in [2.05, 4.69) is 155 Å². The van der Waals surface area contributed by atoms with Crippen molar-refractivity contribution in [1.82, 2.24) is 9.88 Å². The molecule has 1 atom stereocenters. The Balaban J connectivity index is 1.08. The molecule has 0 fully saturated rings. The van der Waals surface area contributed by atoms with Gasteiger partial charge < -0.3 is 14.3 Å². The Kier molecular flexibility index (Phi) is 6.49. The highest BCUT2D eigenvalue weighted by Gasteiger charge is 2.24. The molecule has 236 valence electrons. The Morgan fingerprint density at radius 2 is 1.16 bits per heavy atom. The van der Waals surface area contributed by atoms with Gasteiger partial charge in [-0.05, 0) is 53.6 Å². The van der Waals surface area contributed by atoms with Gasteiger partial charge in [-0.1, -0.05) is 127 Å². The Labute approximate surface area is 288 Å². The van der Waals surface area contributed by atoms with Crippen molar-refractivity contribution >= 4 is 55.4 Å². The summed E-state index contributed by atoms with van der Waals surface area (Å²) in [7, 11) is 0. The van der Waals surface area contributed by atoms with E-state index in [1.54, 1.807) is 0 Å². The third-order valence-corrected chi connectivity index (χ3v) is 9.68. The molecular weight excluding hydrogens is 613 g/mol. The molecule has 0 spiro atoms. The van der Waals surface area contributed by atoms with Crippen LogP contribution in [0.2, 0.25) is 0 Å². The van der Waals surface area contributed by atoms with Crippen LogP contribution in [0.25, 0.3) is 60.6 Å². The zero-order valence-electron chi connectivity index (χ0n) is 27.0. The summed E-state index contributed by atoms with van der Waals surface area (Å²) in [5.41, 5.74) is 10.4. The van der Waals surface area contributed by atoms with Gasteiger partial charge in [0, 0.05) is 43.9 Å². The second-order valence-corrected chi connectivity index (χ2v) is 12.6. The molecule has 9 aromatic rings. The topological polar surface area (TPSA) is 54.8 Å². The molecule has 1 aliphatic heterocycles. The summed E-state index contributed by atoms with van der Waals surface area (Å²) in [5, 5.41) is 8.30. The third-order valence-electron chi connectivity index (χ3n) is 9.68. The van der Waals surface area contributed by atoms with Crippen molar-refractivity contribution in [3.05, 3.63) is 187 Å². The van der Waals surface area contributed by atoms with Crippen LogP contribution in [0.3, 0.4) is 0 Å².